The molecule has 2 aliphatic carbocycles. The highest BCUT2D eigenvalue weighted by Crippen LogP contribution is 2.33. The summed E-state index contributed by atoms with van der Waals surface area (Å²) < 4.78 is 5.73. The quantitative estimate of drug-likeness (QED) is 0.312. The number of allylic oxidation sites excluding steroid dienone is 2. The number of benzene rings is 1. The second-order valence-corrected chi connectivity index (χ2v) is 9.44. The van der Waals surface area contributed by atoms with Gasteiger partial charge >= 0.3 is 5.97 Å². The van der Waals surface area contributed by atoms with Gasteiger partial charge < -0.3 is 4.74 Å². The van der Waals surface area contributed by atoms with E-state index in [1.54, 1.807) is 0 Å². The van der Waals surface area contributed by atoms with Crippen LogP contribution in [0.1, 0.15) is 113 Å². The van der Waals surface area contributed by atoms with Crippen molar-refractivity contribution in [3.63, 3.8) is 0 Å². The van der Waals surface area contributed by atoms with Crippen LogP contribution in [0.4, 0.5) is 0 Å². The van der Waals surface area contributed by atoms with Gasteiger partial charge in [0.1, 0.15) is 6.10 Å². The Morgan fingerprint density at radius 1 is 0.966 bits per heavy atom. The average Bonchev–Trinajstić information content (AvgIpc) is 2.76. The fourth-order valence-corrected chi connectivity index (χ4v) is 4.84. The topological polar surface area (TPSA) is 26.3 Å². The number of unbranched alkanes of at least 4 members (excludes halogenated alkanes) is 4. The van der Waals surface area contributed by atoms with Crippen LogP contribution in [0.3, 0.4) is 0 Å². The molecular weight excluding hydrogens is 356 g/mol. The zero-order chi connectivity index (χ0) is 20.5. The van der Waals surface area contributed by atoms with Crippen molar-refractivity contribution in [2.24, 2.45) is 11.8 Å². The molecule has 2 heteroatoms. The molecule has 160 valence electrons. The predicted molar refractivity (Wildman–Crippen MR) is 122 cm³/mol. The molecule has 0 saturated heterocycles. The molecule has 2 nitrogen and oxygen atoms in total. The monoisotopic (exact) mass is 396 g/mol. The van der Waals surface area contributed by atoms with Crippen molar-refractivity contribution in [1.29, 1.82) is 0 Å². The SMILES string of the molecule is CCCCCCCC1CC=C(c2ccc(C(=O)OC3CCC(C)CC3)cc2)CC1. The van der Waals surface area contributed by atoms with Crippen molar-refractivity contribution in [2.45, 2.75) is 103 Å². The van der Waals surface area contributed by atoms with E-state index in [9.17, 15) is 4.79 Å². The van der Waals surface area contributed by atoms with Crippen molar-refractivity contribution >= 4 is 11.5 Å². The Balaban J connectivity index is 1.44. The molecule has 0 amide bonds. The zero-order valence-electron chi connectivity index (χ0n) is 18.6. The first-order valence-electron chi connectivity index (χ1n) is 12.2. The summed E-state index contributed by atoms with van der Waals surface area (Å²) in [6, 6.07) is 8.11. The summed E-state index contributed by atoms with van der Waals surface area (Å²) in [6.45, 7) is 4.56. The molecule has 0 bridgehead atoms. The van der Waals surface area contributed by atoms with Gasteiger partial charge in [0.05, 0.1) is 5.56 Å². The Hall–Kier alpha value is -1.57. The Morgan fingerprint density at radius 3 is 2.34 bits per heavy atom. The summed E-state index contributed by atoms with van der Waals surface area (Å²) in [6.07, 6.45) is 18.9. The fraction of sp³-hybridized carbons (Fsp3) is 0.667. The lowest BCUT2D eigenvalue weighted by atomic mass is 9.83. The number of hydrogen-bond acceptors (Lipinski definition) is 2. The van der Waals surface area contributed by atoms with Gasteiger partial charge in [0.2, 0.25) is 0 Å². The molecule has 3 rings (SSSR count). The van der Waals surface area contributed by atoms with E-state index in [2.05, 4.69) is 32.1 Å². The van der Waals surface area contributed by atoms with E-state index in [0.29, 0.717) is 5.56 Å². The van der Waals surface area contributed by atoms with E-state index in [1.807, 2.05) is 12.1 Å². The number of carbonyl (C=O) groups excluding carboxylic acids is 1. The lowest BCUT2D eigenvalue weighted by Gasteiger charge is -2.26. The maximum atomic E-state index is 12.5. The van der Waals surface area contributed by atoms with E-state index < -0.39 is 0 Å². The fourth-order valence-electron chi connectivity index (χ4n) is 4.84. The van der Waals surface area contributed by atoms with Crippen LogP contribution in [0.25, 0.3) is 5.57 Å². The maximum absolute atomic E-state index is 12.5. The molecule has 0 spiro atoms. The summed E-state index contributed by atoms with van der Waals surface area (Å²) in [5.41, 5.74) is 3.41. The highest BCUT2D eigenvalue weighted by Gasteiger charge is 2.22. The number of carbonyl (C=O) groups is 1. The van der Waals surface area contributed by atoms with E-state index >= 15 is 0 Å². The summed E-state index contributed by atoms with van der Waals surface area (Å²) in [5.74, 6) is 1.48. The van der Waals surface area contributed by atoms with Crippen LogP contribution < -0.4 is 0 Å². The zero-order valence-corrected chi connectivity index (χ0v) is 18.6. The molecule has 29 heavy (non-hydrogen) atoms. The van der Waals surface area contributed by atoms with Crippen LogP contribution in [0.2, 0.25) is 0 Å². The number of hydrogen-bond donors (Lipinski definition) is 0. The molecule has 1 saturated carbocycles. The summed E-state index contributed by atoms with van der Waals surface area (Å²) in [5, 5.41) is 0. The second-order valence-electron chi connectivity index (χ2n) is 9.44. The Labute approximate surface area is 178 Å². The molecular formula is C27H40O2. The first-order valence-corrected chi connectivity index (χ1v) is 12.2. The van der Waals surface area contributed by atoms with E-state index in [0.717, 1.165) is 24.7 Å². The molecule has 2 aliphatic rings. The third-order valence-corrected chi connectivity index (χ3v) is 6.96. The average molecular weight is 397 g/mol. The Bertz CT molecular complexity index is 650. The van der Waals surface area contributed by atoms with Gasteiger partial charge in [0, 0.05) is 0 Å². The van der Waals surface area contributed by atoms with Crippen LogP contribution in [-0.2, 0) is 4.74 Å². The van der Waals surface area contributed by atoms with E-state index in [1.165, 1.54) is 81.8 Å². The first-order chi connectivity index (χ1) is 14.2. The van der Waals surface area contributed by atoms with Gasteiger partial charge in [0.15, 0.2) is 0 Å². The van der Waals surface area contributed by atoms with Crippen molar-refractivity contribution < 1.29 is 9.53 Å². The van der Waals surface area contributed by atoms with Crippen molar-refractivity contribution in [3.8, 4) is 0 Å². The lowest BCUT2D eigenvalue weighted by Crippen LogP contribution is -2.23. The number of rotatable bonds is 9. The Kier molecular flexibility index (Phi) is 8.83. The van der Waals surface area contributed by atoms with E-state index in [-0.39, 0.29) is 12.1 Å². The first kappa shape index (κ1) is 22.1. The van der Waals surface area contributed by atoms with Gasteiger partial charge in [-0.25, -0.2) is 4.79 Å². The van der Waals surface area contributed by atoms with Crippen LogP contribution in [0.15, 0.2) is 30.3 Å². The predicted octanol–water partition coefficient (Wildman–Crippen LogP) is 7.97. The van der Waals surface area contributed by atoms with Crippen molar-refractivity contribution in [1.82, 2.24) is 0 Å². The summed E-state index contributed by atoms with van der Waals surface area (Å²) in [4.78, 5) is 12.5. The second kappa shape index (κ2) is 11.6. The normalized spacial score (nSPS) is 24.8. The van der Waals surface area contributed by atoms with E-state index in [4.69, 9.17) is 4.74 Å². The molecule has 0 heterocycles. The van der Waals surface area contributed by atoms with Gasteiger partial charge in [-0.15, -0.1) is 0 Å². The van der Waals surface area contributed by atoms with Crippen molar-refractivity contribution in [2.75, 3.05) is 0 Å². The molecule has 1 aromatic rings. The third kappa shape index (κ3) is 7.01. The molecule has 0 radical (unpaired) electrons. The largest absolute Gasteiger partial charge is 0.459 e. The molecule has 1 aromatic carbocycles. The van der Waals surface area contributed by atoms with Crippen LogP contribution in [-0.4, -0.2) is 12.1 Å². The third-order valence-electron chi connectivity index (χ3n) is 6.96. The van der Waals surface area contributed by atoms with Crippen LogP contribution >= 0.6 is 0 Å². The minimum atomic E-state index is -0.156. The molecule has 0 N–H and O–H groups in total. The highest BCUT2D eigenvalue weighted by molar-refractivity contribution is 5.90. The minimum Gasteiger partial charge on any atom is -0.459 e. The number of ether oxygens (including phenoxy) is 1. The van der Waals surface area contributed by atoms with Crippen molar-refractivity contribution in [3.05, 3.63) is 41.5 Å². The summed E-state index contributed by atoms with van der Waals surface area (Å²) >= 11 is 0. The van der Waals surface area contributed by atoms with Gasteiger partial charge in [-0.1, -0.05) is 70.6 Å². The van der Waals surface area contributed by atoms with Crippen LogP contribution in [0, 0.1) is 11.8 Å². The number of esters is 1. The highest BCUT2D eigenvalue weighted by atomic mass is 16.5. The maximum Gasteiger partial charge on any atom is 0.338 e. The minimum absolute atomic E-state index is 0.110. The molecule has 0 aliphatic heterocycles. The van der Waals surface area contributed by atoms with Crippen LogP contribution in [0.5, 0.6) is 0 Å². The lowest BCUT2D eigenvalue weighted by molar-refractivity contribution is 0.0174. The molecule has 1 atom stereocenters. The smallest absolute Gasteiger partial charge is 0.338 e. The van der Waals surface area contributed by atoms with Gasteiger partial charge in [-0.2, -0.15) is 0 Å². The van der Waals surface area contributed by atoms with Gasteiger partial charge in [0.25, 0.3) is 0 Å². The standard InChI is InChI=1S/C27H40O2/c1-3-4-5-6-7-8-22-11-13-23(14-12-22)24-15-17-25(18-16-24)27(28)29-26-19-9-21(2)10-20-26/h13,15-18,21-22,26H,3-12,14,19-20H2,1-2H3. The molecule has 1 fully saturated rings. The van der Waals surface area contributed by atoms with Gasteiger partial charge in [-0.05, 0) is 80.1 Å². The van der Waals surface area contributed by atoms with Gasteiger partial charge in [-0.3, -0.25) is 0 Å². The molecule has 0 aromatic heterocycles. The Morgan fingerprint density at radius 2 is 1.69 bits per heavy atom. The molecule has 1 unspecified atom stereocenters. The summed E-state index contributed by atoms with van der Waals surface area (Å²) in [7, 11) is 0.